The van der Waals surface area contributed by atoms with Crippen molar-refractivity contribution in [2.24, 2.45) is 0 Å². The number of alkyl halides is 1. The molecule has 0 aromatic carbocycles. The summed E-state index contributed by atoms with van der Waals surface area (Å²) >= 11 is 2.43. The van der Waals surface area contributed by atoms with Crippen molar-refractivity contribution in [1.82, 2.24) is 0 Å². The first-order valence-electron chi connectivity index (χ1n) is 6.85. The Balaban J connectivity index is 1.96. The van der Waals surface area contributed by atoms with E-state index in [9.17, 15) is 0 Å². The van der Waals surface area contributed by atoms with Crippen LogP contribution in [-0.2, 0) is 9.47 Å². The molecule has 0 saturated carbocycles. The Bertz CT molecular complexity index is 332. The van der Waals surface area contributed by atoms with Gasteiger partial charge in [-0.05, 0) is 44.1 Å². The summed E-state index contributed by atoms with van der Waals surface area (Å²) in [5, 5.41) is 0. The highest BCUT2D eigenvalue weighted by molar-refractivity contribution is 14.1. The third kappa shape index (κ3) is 3.97. The quantitative estimate of drug-likeness (QED) is 0.328. The van der Waals surface area contributed by atoms with Crippen LogP contribution < -0.4 is 0 Å². The second kappa shape index (κ2) is 7.52. The Morgan fingerprint density at radius 2 is 2.39 bits per heavy atom. The van der Waals surface area contributed by atoms with E-state index in [2.05, 4.69) is 34.6 Å². The molecule has 0 aromatic rings. The molecule has 1 saturated heterocycles. The molecule has 0 amide bonds. The minimum Gasteiger partial charge on any atom is -0.352 e. The maximum absolute atomic E-state index is 6.14. The van der Waals surface area contributed by atoms with Crippen molar-refractivity contribution in [3.05, 3.63) is 11.6 Å². The van der Waals surface area contributed by atoms with Crippen molar-refractivity contribution < 1.29 is 9.47 Å². The fraction of sp³-hybridized carbons (Fsp3) is 0.733. The molecule has 0 unspecified atom stereocenters. The van der Waals surface area contributed by atoms with E-state index in [4.69, 9.17) is 15.9 Å². The van der Waals surface area contributed by atoms with Gasteiger partial charge in [0.25, 0.3) is 0 Å². The zero-order valence-electron chi connectivity index (χ0n) is 10.7. The minimum atomic E-state index is -0.0828. The number of ether oxygens (including phenoxy) is 2. The van der Waals surface area contributed by atoms with Gasteiger partial charge in [-0.25, -0.2) is 0 Å². The first-order valence-corrected chi connectivity index (χ1v) is 8.09. The molecular weight excluding hydrogens is 339 g/mol. The Morgan fingerprint density at radius 3 is 3.06 bits per heavy atom. The van der Waals surface area contributed by atoms with Crippen LogP contribution in [0, 0.1) is 12.3 Å². The van der Waals surface area contributed by atoms with Gasteiger partial charge in [-0.3, -0.25) is 0 Å². The molecule has 1 aliphatic carbocycles. The number of terminal acetylenes is 1. The highest BCUT2D eigenvalue weighted by atomic mass is 127. The van der Waals surface area contributed by atoms with E-state index in [1.807, 2.05) is 0 Å². The van der Waals surface area contributed by atoms with Gasteiger partial charge in [0.05, 0.1) is 10.0 Å². The number of allylic oxidation sites excluding steroid dienone is 1. The smallest absolute Gasteiger partial charge is 0.170 e. The van der Waals surface area contributed by atoms with E-state index >= 15 is 0 Å². The molecule has 0 spiro atoms. The van der Waals surface area contributed by atoms with Crippen molar-refractivity contribution >= 4 is 22.6 Å². The van der Waals surface area contributed by atoms with Gasteiger partial charge in [0.2, 0.25) is 0 Å². The first-order chi connectivity index (χ1) is 8.81. The molecule has 1 aliphatic heterocycles. The van der Waals surface area contributed by atoms with Gasteiger partial charge in [0.15, 0.2) is 6.29 Å². The second-order valence-corrected chi connectivity index (χ2v) is 6.56. The van der Waals surface area contributed by atoms with Gasteiger partial charge < -0.3 is 9.47 Å². The average molecular weight is 360 g/mol. The van der Waals surface area contributed by atoms with Gasteiger partial charge in [0, 0.05) is 13.0 Å². The molecule has 2 nitrogen and oxygen atoms in total. The lowest BCUT2D eigenvalue weighted by atomic mass is 9.94. The highest BCUT2D eigenvalue weighted by Gasteiger charge is 2.28. The molecule has 3 heteroatoms. The molecule has 100 valence electrons. The van der Waals surface area contributed by atoms with Gasteiger partial charge in [-0.2, -0.15) is 0 Å². The Morgan fingerprint density at radius 1 is 1.50 bits per heavy atom. The topological polar surface area (TPSA) is 18.5 Å². The number of rotatable bonds is 4. The molecule has 1 heterocycles. The molecule has 3 atom stereocenters. The molecule has 0 radical (unpaired) electrons. The molecular formula is C15H21IO2. The fourth-order valence-corrected chi connectivity index (χ4v) is 3.35. The van der Waals surface area contributed by atoms with Crippen LogP contribution >= 0.6 is 22.6 Å². The van der Waals surface area contributed by atoms with E-state index < -0.39 is 0 Å². The third-order valence-electron chi connectivity index (χ3n) is 3.54. The van der Waals surface area contributed by atoms with E-state index in [1.54, 1.807) is 0 Å². The summed E-state index contributed by atoms with van der Waals surface area (Å²) in [6, 6.07) is 0. The monoisotopic (exact) mass is 360 g/mol. The van der Waals surface area contributed by atoms with Crippen molar-refractivity contribution in [3.63, 3.8) is 0 Å². The fourth-order valence-electron chi connectivity index (χ4n) is 2.53. The summed E-state index contributed by atoms with van der Waals surface area (Å²) in [7, 11) is 0. The molecule has 1 fully saturated rings. The molecule has 0 aromatic heterocycles. The maximum Gasteiger partial charge on any atom is 0.170 e. The SMILES string of the molecule is C#CC[C@H](O[C@@H]1OCCC[C@H]1I)C1=CCCCC1. The lowest BCUT2D eigenvalue weighted by Gasteiger charge is -2.32. The van der Waals surface area contributed by atoms with Crippen molar-refractivity contribution in [2.75, 3.05) is 6.61 Å². The number of halogens is 1. The zero-order chi connectivity index (χ0) is 12.8. The summed E-state index contributed by atoms with van der Waals surface area (Å²) in [6.45, 7) is 0.811. The van der Waals surface area contributed by atoms with E-state index in [0.717, 1.165) is 19.4 Å². The van der Waals surface area contributed by atoms with Gasteiger partial charge in [-0.15, -0.1) is 12.3 Å². The summed E-state index contributed by atoms with van der Waals surface area (Å²) in [4.78, 5) is 0. The van der Waals surface area contributed by atoms with Crippen LogP contribution in [0.3, 0.4) is 0 Å². The van der Waals surface area contributed by atoms with Gasteiger partial charge in [-0.1, -0.05) is 28.7 Å². The van der Waals surface area contributed by atoms with Crippen LogP contribution in [0.4, 0.5) is 0 Å². The Kier molecular flexibility index (Phi) is 6.00. The summed E-state index contributed by atoms with van der Waals surface area (Å²) < 4.78 is 12.3. The van der Waals surface area contributed by atoms with Gasteiger partial charge >= 0.3 is 0 Å². The number of hydrogen-bond donors (Lipinski definition) is 0. The molecule has 2 rings (SSSR count). The van der Waals surface area contributed by atoms with Crippen LogP contribution in [0.25, 0.3) is 0 Å². The predicted octanol–water partition coefficient (Wildman–Crippen LogP) is 3.84. The molecule has 2 aliphatic rings. The lowest BCUT2D eigenvalue weighted by Crippen LogP contribution is -2.36. The summed E-state index contributed by atoms with van der Waals surface area (Å²) in [6.07, 6.45) is 15.6. The second-order valence-electron chi connectivity index (χ2n) is 4.96. The molecule has 0 N–H and O–H groups in total. The molecule has 0 bridgehead atoms. The highest BCUT2D eigenvalue weighted by Crippen LogP contribution is 2.29. The largest absolute Gasteiger partial charge is 0.352 e. The third-order valence-corrected chi connectivity index (χ3v) is 4.75. The van der Waals surface area contributed by atoms with Crippen LogP contribution in [0.15, 0.2) is 11.6 Å². The van der Waals surface area contributed by atoms with Crippen LogP contribution in [-0.4, -0.2) is 22.9 Å². The Hall–Kier alpha value is -0.0500. The summed E-state index contributed by atoms with van der Waals surface area (Å²) in [5.41, 5.74) is 1.39. The van der Waals surface area contributed by atoms with E-state index in [-0.39, 0.29) is 12.4 Å². The zero-order valence-corrected chi connectivity index (χ0v) is 12.9. The minimum absolute atomic E-state index is 0.0654. The van der Waals surface area contributed by atoms with Crippen LogP contribution in [0.2, 0.25) is 0 Å². The van der Waals surface area contributed by atoms with Crippen molar-refractivity contribution in [2.45, 2.75) is 61.3 Å². The first kappa shape index (κ1) is 14.4. The summed E-state index contributed by atoms with van der Waals surface area (Å²) in [5.74, 6) is 2.75. The maximum atomic E-state index is 6.14. The molecule has 18 heavy (non-hydrogen) atoms. The van der Waals surface area contributed by atoms with Crippen LogP contribution in [0.5, 0.6) is 0 Å². The van der Waals surface area contributed by atoms with Crippen molar-refractivity contribution in [3.8, 4) is 12.3 Å². The standard InChI is InChI=1S/C15H21IO2/c1-2-7-14(12-8-4-3-5-9-12)18-15-13(16)10-6-11-17-15/h1,8,13-15H,3-7,9-11H2/t13-,14+,15+/m1/s1. The van der Waals surface area contributed by atoms with E-state index in [0.29, 0.717) is 10.3 Å². The Labute approximate surface area is 124 Å². The average Bonchev–Trinajstić information content (AvgIpc) is 2.42. The number of hydrogen-bond acceptors (Lipinski definition) is 2. The van der Waals surface area contributed by atoms with Crippen molar-refractivity contribution in [1.29, 1.82) is 0 Å². The normalized spacial score (nSPS) is 30.3. The van der Waals surface area contributed by atoms with E-state index in [1.165, 1.54) is 31.3 Å². The van der Waals surface area contributed by atoms with Crippen LogP contribution in [0.1, 0.15) is 44.9 Å². The van der Waals surface area contributed by atoms with Gasteiger partial charge in [0.1, 0.15) is 0 Å². The lowest BCUT2D eigenvalue weighted by molar-refractivity contribution is -0.173. The predicted molar refractivity (Wildman–Crippen MR) is 81.7 cm³/mol.